The molecule has 0 heterocycles. The molecule has 4 N–H and O–H groups in total. The molecule has 33 heavy (non-hydrogen) atoms. The van der Waals surface area contributed by atoms with Gasteiger partial charge in [0.1, 0.15) is 12.1 Å². The lowest BCUT2D eigenvalue weighted by Crippen LogP contribution is -2.48. The molecule has 0 radical (unpaired) electrons. The van der Waals surface area contributed by atoms with Crippen LogP contribution in [-0.4, -0.2) is 58.0 Å². The topological polar surface area (TPSA) is 176 Å². The second-order valence-electron chi connectivity index (χ2n) is 6.72. The van der Waals surface area contributed by atoms with Crippen LogP contribution in [0.5, 0.6) is 0 Å². The molecule has 2 aromatic rings. The number of hydrogen-bond donors (Lipinski definition) is 4. The van der Waals surface area contributed by atoms with Gasteiger partial charge in [-0.2, -0.15) is 0 Å². The van der Waals surface area contributed by atoms with Crippen LogP contribution in [0.2, 0.25) is 0 Å². The molecule has 0 aliphatic rings. The molecule has 2 amide bonds. The molecule has 172 valence electrons. The number of amides is 2. The number of ether oxygens (including phenoxy) is 1. The fourth-order valence-electron chi connectivity index (χ4n) is 2.64. The summed E-state index contributed by atoms with van der Waals surface area (Å²) in [6.07, 6.45) is -1.80. The highest BCUT2D eigenvalue weighted by Crippen LogP contribution is 2.06. The number of carbonyl (C=O) groups is 6. The minimum absolute atomic E-state index is 0.130. The Morgan fingerprint density at radius 3 is 1.27 bits per heavy atom. The van der Waals surface area contributed by atoms with Crippen molar-refractivity contribution in [1.29, 1.82) is 0 Å². The maximum atomic E-state index is 12.4. The third-order valence-corrected chi connectivity index (χ3v) is 4.21. The van der Waals surface area contributed by atoms with Crippen LogP contribution >= 0.6 is 0 Å². The van der Waals surface area contributed by atoms with Gasteiger partial charge in [0.05, 0.1) is 12.8 Å². The first-order chi connectivity index (χ1) is 15.7. The molecule has 0 saturated heterocycles. The van der Waals surface area contributed by atoms with Gasteiger partial charge in [-0.05, 0) is 24.3 Å². The Labute approximate surface area is 187 Å². The number of benzene rings is 2. The van der Waals surface area contributed by atoms with Gasteiger partial charge >= 0.3 is 23.9 Å². The molecule has 2 rings (SSSR count). The lowest BCUT2D eigenvalue weighted by atomic mass is 10.1. The number of nitrogens with one attached hydrogen (secondary N) is 2. The van der Waals surface area contributed by atoms with Crippen LogP contribution in [-0.2, 0) is 23.9 Å². The Bertz CT molecular complexity index is 955. The van der Waals surface area contributed by atoms with Gasteiger partial charge in [-0.1, -0.05) is 36.4 Å². The number of carboxylic acids is 2. The summed E-state index contributed by atoms with van der Waals surface area (Å²) >= 11 is 0. The maximum Gasteiger partial charge on any atom is 0.336 e. The van der Waals surface area contributed by atoms with Gasteiger partial charge in [-0.15, -0.1) is 0 Å². The van der Waals surface area contributed by atoms with E-state index in [1.807, 2.05) is 0 Å². The fourth-order valence-corrected chi connectivity index (χ4v) is 2.64. The standard InChI is InChI=1S/C22H20N2O9/c25-17(26)11-15(23-19(29)13-7-3-1-4-8-13)21(31)33-22(32)16(12-18(27)28)24-20(30)14-9-5-2-6-10-14/h1-10,15-16H,11-12H2,(H,23,29)(H,24,30)(H,25,26)(H,27,28). The number of aliphatic carboxylic acids is 2. The molecule has 11 nitrogen and oxygen atoms in total. The van der Waals surface area contributed by atoms with E-state index in [1.165, 1.54) is 24.3 Å². The summed E-state index contributed by atoms with van der Waals surface area (Å²) in [6.45, 7) is 0. The van der Waals surface area contributed by atoms with Crippen molar-refractivity contribution >= 4 is 35.7 Å². The van der Waals surface area contributed by atoms with Crippen molar-refractivity contribution in [1.82, 2.24) is 10.6 Å². The Kier molecular flexibility index (Phi) is 8.80. The average Bonchev–Trinajstić information content (AvgIpc) is 2.78. The first kappa shape index (κ1) is 24.7. The molecular formula is C22H20N2O9. The molecule has 0 spiro atoms. The molecule has 2 atom stereocenters. The van der Waals surface area contributed by atoms with Crippen molar-refractivity contribution in [2.24, 2.45) is 0 Å². The van der Waals surface area contributed by atoms with Gasteiger partial charge < -0.3 is 25.6 Å². The van der Waals surface area contributed by atoms with E-state index in [0.29, 0.717) is 0 Å². The van der Waals surface area contributed by atoms with E-state index in [1.54, 1.807) is 36.4 Å². The van der Waals surface area contributed by atoms with Gasteiger partial charge in [0.15, 0.2) is 0 Å². The van der Waals surface area contributed by atoms with E-state index in [-0.39, 0.29) is 11.1 Å². The average molecular weight is 456 g/mol. The van der Waals surface area contributed by atoms with E-state index in [4.69, 9.17) is 10.2 Å². The van der Waals surface area contributed by atoms with Crippen LogP contribution in [0.15, 0.2) is 60.7 Å². The zero-order chi connectivity index (χ0) is 24.4. The lowest BCUT2D eigenvalue weighted by Gasteiger charge is -2.19. The molecule has 0 aliphatic heterocycles. The Morgan fingerprint density at radius 1 is 0.636 bits per heavy atom. The molecule has 0 fully saturated rings. The fraction of sp³-hybridized carbons (Fsp3) is 0.182. The molecule has 0 aromatic heterocycles. The summed E-state index contributed by atoms with van der Waals surface area (Å²) in [4.78, 5) is 71.6. The quantitative estimate of drug-likeness (QED) is 0.294. The zero-order valence-electron chi connectivity index (χ0n) is 17.1. The predicted molar refractivity (Wildman–Crippen MR) is 111 cm³/mol. The first-order valence-electron chi connectivity index (χ1n) is 9.58. The van der Waals surface area contributed by atoms with Crippen molar-refractivity contribution in [3.63, 3.8) is 0 Å². The summed E-state index contributed by atoms with van der Waals surface area (Å²) in [7, 11) is 0. The lowest BCUT2D eigenvalue weighted by molar-refractivity contribution is -0.165. The molecule has 2 aromatic carbocycles. The Balaban J connectivity index is 2.12. The summed E-state index contributed by atoms with van der Waals surface area (Å²) in [6, 6.07) is 11.7. The van der Waals surface area contributed by atoms with Gasteiger partial charge in [-0.3, -0.25) is 19.2 Å². The number of hydrogen-bond acceptors (Lipinski definition) is 7. The van der Waals surface area contributed by atoms with Crippen molar-refractivity contribution in [3.05, 3.63) is 71.8 Å². The van der Waals surface area contributed by atoms with Crippen LogP contribution < -0.4 is 10.6 Å². The van der Waals surface area contributed by atoms with Crippen LogP contribution in [0.25, 0.3) is 0 Å². The summed E-state index contributed by atoms with van der Waals surface area (Å²) in [5.74, 6) is -7.34. The SMILES string of the molecule is O=C(O)CC(NC(=O)c1ccccc1)C(=O)OC(=O)C(CC(=O)O)NC(=O)c1ccccc1. The Morgan fingerprint density at radius 2 is 0.970 bits per heavy atom. The highest BCUT2D eigenvalue weighted by Gasteiger charge is 2.32. The number of rotatable bonds is 10. The van der Waals surface area contributed by atoms with Crippen LogP contribution in [0.4, 0.5) is 0 Å². The highest BCUT2D eigenvalue weighted by atomic mass is 16.6. The van der Waals surface area contributed by atoms with Crippen LogP contribution in [0.1, 0.15) is 33.6 Å². The normalized spacial score (nSPS) is 12.0. The van der Waals surface area contributed by atoms with Crippen LogP contribution in [0, 0.1) is 0 Å². The number of esters is 2. The van der Waals surface area contributed by atoms with Crippen molar-refractivity contribution in [2.75, 3.05) is 0 Å². The van der Waals surface area contributed by atoms with Crippen LogP contribution in [0.3, 0.4) is 0 Å². The molecule has 0 saturated carbocycles. The van der Waals surface area contributed by atoms with Crippen molar-refractivity contribution in [3.8, 4) is 0 Å². The van der Waals surface area contributed by atoms with Gasteiger partial charge in [0, 0.05) is 11.1 Å². The van der Waals surface area contributed by atoms with Gasteiger partial charge in [-0.25, -0.2) is 9.59 Å². The summed E-state index contributed by atoms with van der Waals surface area (Å²) in [5.41, 5.74) is 0.261. The third-order valence-electron chi connectivity index (χ3n) is 4.21. The summed E-state index contributed by atoms with van der Waals surface area (Å²) < 4.78 is 4.62. The zero-order valence-corrected chi connectivity index (χ0v) is 17.1. The maximum absolute atomic E-state index is 12.4. The Hall–Kier alpha value is -4.54. The first-order valence-corrected chi connectivity index (χ1v) is 9.58. The number of carboxylic acid groups (broad SMARTS) is 2. The van der Waals surface area contributed by atoms with E-state index < -0.39 is 60.6 Å². The smallest absolute Gasteiger partial charge is 0.336 e. The molecule has 2 unspecified atom stereocenters. The van der Waals surface area contributed by atoms with Gasteiger partial charge in [0.2, 0.25) is 0 Å². The number of carbonyl (C=O) groups excluding carboxylic acids is 4. The van der Waals surface area contributed by atoms with E-state index in [2.05, 4.69) is 15.4 Å². The largest absolute Gasteiger partial charge is 0.481 e. The highest BCUT2D eigenvalue weighted by molar-refractivity contribution is 6.01. The van der Waals surface area contributed by atoms with E-state index in [0.717, 1.165) is 0 Å². The van der Waals surface area contributed by atoms with Crippen molar-refractivity contribution in [2.45, 2.75) is 24.9 Å². The van der Waals surface area contributed by atoms with E-state index >= 15 is 0 Å². The van der Waals surface area contributed by atoms with Crippen molar-refractivity contribution < 1.29 is 43.7 Å². The molecule has 0 aliphatic carbocycles. The molecular weight excluding hydrogens is 436 g/mol. The molecule has 11 heteroatoms. The van der Waals surface area contributed by atoms with E-state index in [9.17, 15) is 28.8 Å². The minimum atomic E-state index is -1.74. The predicted octanol–water partition coefficient (Wildman–Crippen LogP) is 0.603. The second-order valence-corrected chi connectivity index (χ2v) is 6.72. The van der Waals surface area contributed by atoms with Gasteiger partial charge in [0.25, 0.3) is 11.8 Å². The third kappa shape index (κ3) is 7.90. The summed E-state index contributed by atoms with van der Waals surface area (Å²) in [5, 5.41) is 22.4. The second kappa shape index (κ2) is 11.7. The monoisotopic (exact) mass is 456 g/mol. The molecule has 0 bridgehead atoms. The minimum Gasteiger partial charge on any atom is -0.481 e.